The van der Waals surface area contributed by atoms with E-state index in [1.165, 1.54) is 37.2 Å². The van der Waals surface area contributed by atoms with Crippen LogP contribution >= 0.6 is 0 Å². The van der Waals surface area contributed by atoms with Crippen LogP contribution in [0.4, 0.5) is 0 Å². The van der Waals surface area contributed by atoms with Gasteiger partial charge in [0.2, 0.25) is 0 Å². The van der Waals surface area contributed by atoms with Crippen LogP contribution in [0.25, 0.3) is 0 Å². The van der Waals surface area contributed by atoms with Gasteiger partial charge < -0.3 is 21.7 Å². The van der Waals surface area contributed by atoms with Gasteiger partial charge in [0.05, 0.1) is 12.4 Å². The van der Waals surface area contributed by atoms with Gasteiger partial charge in [-0.1, -0.05) is 0 Å². The number of amidine groups is 2. The molecule has 0 aliphatic carbocycles. The van der Waals surface area contributed by atoms with Gasteiger partial charge in [-0.25, -0.2) is 58.1 Å². The predicted octanol–water partition coefficient (Wildman–Crippen LogP) is -11.2. The van der Waals surface area contributed by atoms with Crippen LogP contribution in [0.1, 0.15) is 43.8 Å². The number of aliphatic hydroxyl groups excluding tert-OH is 2. The van der Waals surface area contributed by atoms with Gasteiger partial charge in [0.1, 0.15) is 11.4 Å². The van der Waals surface area contributed by atoms with E-state index in [-0.39, 0.29) is 42.5 Å². The molecular formula is C22H30Cl2N14O12Zn. The van der Waals surface area contributed by atoms with Crippen LogP contribution < -0.4 is 59.6 Å². The zero-order valence-corrected chi connectivity index (χ0v) is 31.3. The third kappa shape index (κ3) is 27.7. The van der Waals surface area contributed by atoms with Gasteiger partial charge in [-0.2, -0.15) is 20.4 Å². The summed E-state index contributed by atoms with van der Waals surface area (Å²) in [6.45, 7) is 3.59. The first-order valence-electron chi connectivity index (χ1n) is 12.3. The third-order valence-corrected chi connectivity index (χ3v) is 4.08. The molecule has 0 aromatic carbocycles. The van der Waals surface area contributed by atoms with E-state index in [0.29, 0.717) is 11.4 Å². The summed E-state index contributed by atoms with van der Waals surface area (Å²) in [6.07, 6.45) is 8.89. The number of carbonyl (C=O) groups excluding carboxylic acids is 2. The SMILES string of the molecule is CO.CO.Cc1cc(C(=O)N/N=C(\N)c2cnccn2)n[nH]1.Cc1cc(C(=O)N/N=C(\N)c2cnccn2)n[nH]1.[O-][Cl+3]([O-])([O-])[O-].[O-][Cl+3]([O-])([O-])[O-].[Zn+2]. The Hall–Kier alpha value is -4.74. The molecule has 0 bridgehead atoms. The number of nitrogens with one attached hydrogen (secondary N) is 4. The number of H-pyrrole nitrogens is 2. The molecule has 0 fully saturated rings. The molecule has 10 N–H and O–H groups in total. The number of nitrogens with two attached hydrogens (primary N) is 2. The monoisotopic (exact) mass is 816 g/mol. The Morgan fingerprint density at radius 2 is 0.941 bits per heavy atom. The molecule has 276 valence electrons. The van der Waals surface area contributed by atoms with Gasteiger partial charge in [-0.3, -0.25) is 29.8 Å². The van der Waals surface area contributed by atoms with Crippen molar-refractivity contribution in [3.63, 3.8) is 0 Å². The number of rotatable bonds is 6. The molecule has 0 saturated carbocycles. The number of halogens is 2. The molecule has 0 unspecified atom stereocenters. The van der Waals surface area contributed by atoms with Crippen molar-refractivity contribution in [2.75, 3.05) is 14.2 Å². The second-order valence-electron chi connectivity index (χ2n) is 7.69. The summed E-state index contributed by atoms with van der Waals surface area (Å²) >= 11 is 0. The van der Waals surface area contributed by atoms with Crippen molar-refractivity contribution in [3.05, 3.63) is 83.5 Å². The predicted molar refractivity (Wildman–Crippen MR) is 143 cm³/mol. The van der Waals surface area contributed by atoms with Crippen molar-refractivity contribution in [2.24, 2.45) is 21.7 Å². The molecule has 51 heavy (non-hydrogen) atoms. The average Bonchev–Trinajstić information content (AvgIpc) is 3.72. The van der Waals surface area contributed by atoms with E-state index in [1.807, 2.05) is 0 Å². The topological polar surface area (TPSA) is 469 Å². The Morgan fingerprint density at radius 1 is 0.647 bits per heavy atom. The maximum absolute atomic E-state index is 11.6. The van der Waals surface area contributed by atoms with E-state index < -0.39 is 32.3 Å². The molecule has 0 radical (unpaired) electrons. The smallest absolute Gasteiger partial charge is 0.400 e. The zero-order chi connectivity index (χ0) is 38.9. The molecular weight excluding hydrogens is 789 g/mol. The summed E-state index contributed by atoms with van der Waals surface area (Å²) in [6, 6.07) is 3.20. The Bertz CT molecular complexity index is 1460. The largest absolute Gasteiger partial charge is 2.00 e. The molecule has 4 aromatic rings. The summed E-state index contributed by atoms with van der Waals surface area (Å²) in [4.78, 5) is 38.8. The molecule has 26 nitrogen and oxygen atoms in total. The molecule has 0 aliphatic rings. The van der Waals surface area contributed by atoms with Crippen LogP contribution in [0, 0.1) is 34.3 Å². The quantitative estimate of drug-likeness (QED) is 0.0387. The van der Waals surface area contributed by atoms with E-state index in [0.717, 1.165) is 25.6 Å². The molecule has 4 rings (SSSR count). The standard InChI is InChI=1S/2C10H11N7O.2CH4O.2ClHO4.Zn/c2*1-6-4-7(15-14-6)10(18)17-16-9(11)8-5-12-2-3-13-8;2*1-2;2*2-1(3,4)5;/h2*2-5H,1H3,(H2,11,16)(H,14,15)(H,17,18);2*2H,1H3;2*(H,2,3,4,5);/q;;;;;;+2/p-2. The number of amides is 2. The van der Waals surface area contributed by atoms with E-state index in [9.17, 15) is 9.59 Å². The Labute approximate surface area is 304 Å². The van der Waals surface area contributed by atoms with Gasteiger partial charge in [-0.15, -0.1) is 20.5 Å². The zero-order valence-electron chi connectivity index (χ0n) is 26.8. The van der Waals surface area contributed by atoms with Crippen LogP contribution in [-0.2, 0) is 19.5 Å². The number of carbonyl (C=O) groups is 2. The van der Waals surface area contributed by atoms with Crippen molar-refractivity contribution < 1.29 is 97.0 Å². The average molecular weight is 819 g/mol. The first-order valence-corrected chi connectivity index (χ1v) is 14.8. The number of nitrogens with zero attached hydrogens (tertiary/aromatic N) is 8. The Kier molecular flexibility index (Phi) is 26.9. The van der Waals surface area contributed by atoms with Crippen molar-refractivity contribution in [1.82, 2.24) is 51.2 Å². The molecule has 0 aliphatic heterocycles. The van der Waals surface area contributed by atoms with Crippen LogP contribution in [0.15, 0.2) is 59.5 Å². The van der Waals surface area contributed by atoms with E-state index in [2.05, 4.69) is 61.4 Å². The third-order valence-electron chi connectivity index (χ3n) is 4.08. The Morgan fingerprint density at radius 3 is 1.16 bits per heavy atom. The molecule has 2 amide bonds. The van der Waals surface area contributed by atoms with Crippen LogP contribution in [0.3, 0.4) is 0 Å². The number of hydrogen-bond donors (Lipinski definition) is 8. The molecule has 29 heteroatoms. The van der Waals surface area contributed by atoms with Crippen LogP contribution in [0.5, 0.6) is 0 Å². The molecule has 4 aromatic heterocycles. The van der Waals surface area contributed by atoms with Crippen molar-refractivity contribution in [1.29, 1.82) is 0 Å². The van der Waals surface area contributed by atoms with Gasteiger partial charge in [0.15, 0.2) is 23.1 Å². The number of aromatic amines is 2. The van der Waals surface area contributed by atoms with E-state index >= 15 is 0 Å². The second kappa shape index (κ2) is 27.0. The number of aryl methyl sites for hydroxylation is 2. The van der Waals surface area contributed by atoms with Gasteiger partial charge in [-0.05, 0) is 26.0 Å². The van der Waals surface area contributed by atoms with Crippen molar-refractivity contribution in [3.8, 4) is 0 Å². The van der Waals surface area contributed by atoms with Gasteiger partial charge in [0.25, 0.3) is 11.8 Å². The number of aromatic nitrogens is 8. The van der Waals surface area contributed by atoms with Crippen molar-refractivity contribution in [2.45, 2.75) is 13.8 Å². The van der Waals surface area contributed by atoms with Crippen LogP contribution in [0.2, 0.25) is 0 Å². The maximum atomic E-state index is 11.6. The first kappa shape index (κ1) is 50.6. The van der Waals surface area contributed by atoms with E-state index in [1.54, 1.807) is 26.0 Å². The maximum Gasteiger partial charge on any atom is 2.00 e. The number of aliphatic hydroxyl groups is 2. The number of hydrazone groups is 2. The summed E-state index contributed by atoms with van der Waals surface area (Å²) in [5.41, 5.74) is 18.6. The number of hydrogen-bond acceptors (Lipinski definition) is 20. The Balaban J connectivity index is -0.000000656. The molecule has 0 atom stereocenters. The second-order valence-corrected chi connectivity index (χ2v) is 9.20. The summed E-state index contributed by atoms with van der Waals surface area (Å²) in [5, 5.41) is 34.3. The minimum atomic E-state index is -4.94. The molecule has 0 spiro atoms. The normalized spacial score (nSPS) is 10.5. The van der Waals surface area contributed by atoms with Crippen LogP contribution in [-0.4, -0.2) is 88.2 Å². The summed E-state index contributed by atoms with van der Waals surface area (Å²) in [7, 11) is -7.89. The van der Waals surface area contributed by atoms with Crippen molar-refractivity contribution >= 4 is 23.5 Å². The molecule has 4 heterocycles. The summed E-state index contributed by atoms with van der Waals surface area (Å²) < 4.78 is 67.9. The first-order chi connectivity index (χ1) is 23.3. The van der Waals surface area contributed by atoms with Gasteiger partial charge >= 0.3 is 19.5 Å². The van der Waals surface area contributed by atoms with Gasteiger partial charge in [0, 0.05) is 50.4 Å². The fourth-order valence-corrected chi connectivity index (χ4v) is 2.38. The fourth-order valence-electron chi connectivity index (χ4n) is 2.38. The fraction of sp³-hybridized carbons (Fsp3) is 0.182. The molecule has 0 saturated heterocycles. The summed E-state index contributed by atoms with van der Waals surface area (Å²) in [5.74, 6) is -0.759. The minimum Gasteiger partial charge on any atom is -0.400 e. The van der Waals surface area contributed by atoms with E-state index in [4.69, 9.17) is 59.0 Å². The minimum absolute atomic E-state index is 0.